The normalized spacial score (nSPS) is 24.6. The van der Waals surface area contributed by atoms with Crippen molar-refractivity contribution in [3.63, 3.8) is 0 Å². The molecule has 6 nitrogen and oxygen atoms in total. The summed E-state index contributed by atoms with van der Waals surface area (Å²) in [6.45, 7) is 2.98. The molecular formula is C24H29F3N4O2. The molecule has 0 bridgehead atoms. The molecule has 0 unspecified atom stereocenters. The largest absolute Gasteiger partial charge is 0.418 e. The molecular weight excluding hydrogens is 433 g/mol. The number of carbonyl (C=O) groups is 2. The number of alkyl halides is 3. The molecule has 1 aromatic carbocycles. The summed E-state index contributed by atoms with van der Waals surface area (Å²) in [5, 5.41) is 0. The number of piperazine rings is 1. The van der Waals surface area contributed by atoms with E-state index in [0.29, 0.717) is 30.1 Å². The highest BCUT2D eigenvalue weighted by Gasteiger charge is 2.39. The zero-order valence-corrected chi connectivity index (χ0v) is 19.0. The second-order valence-electron chi connectivity index (χ2n) is 9.93. The Kier molecular flexibility index (Phi) is 5.40. The van der Waals surface area contributed by atoms with E-state index in [1.54, 1.807) is 13.1 Å². The molecule has 0 atom stereocenters. The Morgan fingerprint density at radius 1 is 1.06 bits per heavy atom. The zero-order valence-electron chi connectivity index (χ0n) is 19.0. The van der Waals surface area contributed by atoms with Crippen LogP contribution in [0.5, 0.6) is 0 Å². The first-order valence-electron chi connectivity index (χ1n) is 11.8. The van der Waals surface area contributed by atoms with Gasteiger partial charge in [-0.25, -0.2) is 4.98 Å². The summed E-state index contributed by atoms with van der Waals surface area (Å²) in [5.41, 5.74) is -0.0678. The van der Waals surface area contributed by atoms with E-state index in [2.05, 4.69) is 11.9 Å². The van der Waals surface area contributed by atoms with Crippen molar-refractivity contribution in [1.82, 2.24) is 19.4 Å². The SMILES string of the molecule is CC1CCC(N2CCN(C(=O)c3nc4c(C(F)(F)F)cc(C5CC5)cc4n3C)CC2=O)CC1. The first-order valence-corrected chi connectivity index (χ1v) is 11.8. The lowest BCUT2D eigenvalue weighted by Crippen LogP contribution is -2.56. The van der Waals surface area contributed by atoms with Gasteiger partial charge < -0.3 is 14.4 Å². The van der Waals surface area contributed by atoms with Gasteiger partial charge in [-0.1, -0.05) is 6.92 Å². The molecule has 1 saturated heterocycles. The van der Waals surface area contributed by atoms with Crippen LogP contribution in [0, 0.1) is 5.92 Å². The predicted molar refractivity (Wildman–Crippen MR) is 117 cm³/mol. The van der Waals surface area contributed by atoms with Crippen molar-refractivity contribution in [2.75, 3.05) is 19.6 Å². The summed E-state index contributed by atoms with van der Waals surface area (Å²) in [4.78, 5) is 33.5. The fourth-order valence-electron chi connectivity index (χ4n) is 5.31. The van der Waals surface area contributed by atoms with E-state index < -0.39 is 17.6 Å². The van der Waals surface area contributed by atoms with E-state index in [1.165, 1.54) is 15.5 Å². The molecule has 9 heteroatoms. The Balaban J connectivity index is 1.40. The minimum Gasteiger partial charge on any atom is -0.336 e. The molecule has 33 heavy (non-hydrogen) atoms. The summed E-state index contributed by atoms with van der Waals surface area (Å²) in [7, 11) is 1.57. The second-order valence-corrected chi connectivity index (χ2v) is 9.93. The summed E-state index contributed by atoms with van der Waals surface area (Å²) >= 11 is 0. The fourth-order valence-corrected chi connectivity index (χ4v) is 5.31. The lowest BCUT2D eigenvalue weighted by molar-refractivity contribution is -0.138. The number of fused-ring (bicyclic) bond motifs is 1. The molecule has 0 radical (unpaired) electrons. The number of aromatic nitrogens is 2. The van der Waals surface area contributed by atoms with Crippen molar-refractivity contribution >= 4 is 22.8 Å². The van der Waals surface area contributed by atoms with Gasteiger partial charge in [-0.2, -0.15) is 13.2 Å². The maximum atomic E-state index is 13.8. The van der Waals surface area contributed by atoms with Crippen molar-refractivity contribution < 1.29 is 22.8 Å². The van der Waals surface area contributed by atoms with E-state index in [0.717, 1.165) is 38.5 Å². The lowest BCUT2D eigenvalue weighted by Gasteiger charge is -2.41. The van der Waals surface area contributed by atoms with Crippen molar-refractivity contribution in [2.45, 2.75) is 63.6 Å². The van der Waals surface area contributed by atoms with Crippen molar-refractivity contribution in [3.8, 4) is 0 Å². The molecule has 2 saturated carbocycles. The van der Waals surface area contributed by atoms with Crippen LogP contribution < -0.4 is 0 Å². The van der Waals surface area contributed by atoms with Crippen molar-refractivity contribution in [2.24, 2.45) is 13.0 Å². The standard InChI is InChI=1S/C24H29F3N4O2/c1-14-3-7-17(8-4-14)31-10-9-30(13-20(31)32)23(33)22-28-21-18(24(25,26)27)11-16(15-5-6-15)12-19(21)29(22)2/h11-12,14-15,17H,3-10,13H2,1-2H3. The third kappa shape index (κ3) is 4.10. The highest BCUT2D eigenvalue weighted by atomic mass is 19.4. The number of nitrogens with zero attached hydrogens (tertiary/aromatic N) is 4. The lowest BCUT2D eigenvalue weighted by atomic mass is 9.86. The Hall–Kier alpha value is -2.58. The number of imidazole rings is 1. The van der Waals surface area contributed by atoms with Gasteiger partial charge in [0.05, 0.1) is 11.1 Å². The molecule has 5 rings (SSSR count). The number of aryl methyl sites for hydroxylation is 1. The van der Waals surface area contributed by atoms with E-state index in [9.17, 15) is 22.8 Å². The first kappa shape index (κ1) is 22.2. The molecule has 2 amide bonds. The molecule has 2 aliphatic carbocycles. The topological polar surface area (TPSA) is 58.4 Å². The number of amides is 2. The number of benzene rings is 1. The Morgan fingerprint density at radius 2 is 1.76 bits per heavy atom. The van der Waals surface area contributed by atoms with Crippen LogP contribution in [0.3, 0.4) is 0 Å². The van der Waals surface area contributed by atoms with Gasteiger partial charge in [0.25, 0.3) is 5.91 Å². The van der Waals surface area contributed by atoms with Gasteiger partial charge in [0.1, 0.15) is 12.1 Å². The maximum absolute atomic E-state index is 13.8. The van der Waals surface area contributed by atoms with E-state index in [4.69, 9.17) is 0 Å². The number of carbonyl (C=O) groups excluding carboxylic acids is 2. The molecule has 0 spiro atoms. The third-order valence-electron chi connectivity index (χ3n) is 7.52. The maximum Gasteiger partial charge on any atom is 0.418 e. The average Bonchev–Trinajstić information content (AvgIpc) is 3.57. The molecule has 178 valence electrons. The van der Waals surface area contributed by atoms with Gasteiger partial charge in [-0.05, 0) is 68.1 Å². The van der Waals surface area contributed by atoms with Crippen LogP contribution >= 0.6 is 0 Å². The van der Waals surface area contributed by atoms with E-state index in [1.807, 2.05) is 4.90 Å². The highest BCUT2D eigenvalue weighted by Crippen LogP contribution is 2.44. The number of rotatable bonds is 3. The number of hydrogen-bond acceptors (Lipinski definition) is 3. The molecule has 2 heterocycles. The smallest absolute Gasteiger partial charge is 0.336 e. The summed E-state index contributed by atoms with van der Waals surface area (Å²) in [5.74, 6) is 0.160. The van der Waals surface area contributed by atoms with Crippen molar-refractivity contribution in [3.05, 3.63) is 29.1 Å². The summed E-state index contributed by atoms with van der Waals surface area (Å²) in [6.07, 6.45) is 1.35. The van der Waals surface area contributed by atoms with Crippen LogP contribution in [0.1, 0.15) is 73.1 Å². The monoisotopic (exact) mass is 462 g/mol. The van der Waals surface area contributed by atoms with Crippen LogP contribution in [0.25, 0.3) is 11.0 Å². The third-order valence-corrected chi connectivity index (χ3v) is 7.52. The minimum atomic E-state index is -4.56. The summed E-state index contributed by atoms with van der Waals surface area (Å²) in [6, 6.07) is 3.12. The van der Waals surface area contributed by atoms with Crippen LogP contribution in [-0.2, 0) is 18.0 Å². The summed E-state index contributed by atoms with van der Waals surface area (Å²) < 4.78 is 42.8. The van der Waals surface area contributed by atoms with Crippen LogP contribution in [-0.4, -0.2) is 56.8 Å². The number of hydrogen-bond donors (Lipinski definition) is 0. The van der Waals surface area contributed by atoms with Crippen molar-refractivity contribution in [1.29, 1.82) is 0 Å². The van der Waals surface area contributed by atoms with Gasteiger partial charge in [-0.3, -0.25) is 9.59 Å². The first-order chi connectivity index (χ1) is 15.6. The van der Waals surface area contributed by atoms with Gasteiger partial charge in [0, 0.05) is 26.2 Å². The van der Waals surface area contributed by atoms with Gasteiger partial charge >= 0.3 is 6.18 Å². The molecule has 0 N–H and O–H groups in total. The molecule has 1 aliphatic heterocycles. The Morgan fingerprint density at radius 3 is 2.36 bits per heavy atom. The van der Waals surface area contributed by atoms with Gasteiger partial charge in [0.2, 0.25) is 5.91 Å². The highest BCUT2D eigenvalue weighted by molar-refractivity contribution is 5.98. The second kappa shape index (κ2) is 8.02. The zero-order chi connectivity index (χ0) is 23.5. The van der Waals surface area contributed by atoms with Crippen LogP contribution in [0.15, 0.2) is 12.1 Å². The predicted octanol–water partition coefficient (Wildman–Crippen LogP) is 4.33. The Bertz CT molecular complexity index is 1100. The molecule has 1 aromatic heterocycles. The van der Waals surface area contributed by atoms with E-state index >= 15 is 0 Å². The minimum absolute atomic E-state index is 0.0591. The van der Waals surface area contributed by atoms with Crippen LogP contribution in [0.2, 0.25) is 0 Å². The number of halogens is 3. The van der Waals surface area contributed by atoms with Crippen LogP contribution in [0.4, 0.5) is 13.2 Å². The molecule has 2 aromatic rings. The van der Waals surface area contributed by atoms with E-state index in [-0.39, 0.29) is 35.8 Å². The average molecular weight is 463 g/mol. The molecule has 3 fully saturated rings. The molecule has 3 aliphatic rings. The van der Waals surface area contributed by atoms with Gasteiger partial charge in [0.15, 0.2) is 5.82 Å². The quantitative estimate of drug-likeness (QED) is 0.682. The fraction of sp³-hybridized carbons (Fsp3) is 0.625. The van der Waals surface area contributed by atoms with Gasteiger partial charge in [-0.15, -0.1) is 0 Å². The Labute approximate surface area is 190 Å².